The lowest BCUT2D eigenvalue weighted by atomic mass is 10.3. The summed E-state index contributed by atoms with van der Waals surface area (Å²) in [7, 11) is 2.06. The zero-order valence-corrected chi connectivity index (χ0v) is 8.40. The van der Waals surface area contributed by atoms with Crippen molar-refractivity contribution in [2.45, 2.75) is 6.42 Å². The molecule has 2 rings (SSSR count). The van der Waals surface area contributed by atoms with Gasteiger partial charge in [-0.2, -0.15) is 0 Å². The van der Waals surface area contributed by atoms with Gasteiger partial charge in [-0.05, 0) is 18.6 Å². The highest BCUT2D eigenvalue weighted by Gasteiger charge is 2.09. The zero-order chi connectivity index (χ0) is 9.80. The van der Waals surface area contributed by atoms with E-state index < -0.39 is 0 Å². The molecule has 0 fully saturated rings. The fraction of sp³-hybridized carbons (Fsp3) is 0.364. The monoisotopic (exact) mass is 189 g/mol. The van der Waals surface area contributed by atoms with Crippen molar-refractivity contribution >= 4 is 11.6 Å². The van der Waals surface area contributed by atoms with Crippen molar-refractivity contribution in [3.8, 4) is 0 Å². The van der Waals surface area contributed by atoms with Gasteiger partial charge in [-0.15, -0.1) is 0 Å². The summed E-state index contributed by atoms with van der Waals surface area (Å²) in [6, 6.07) is 10.1. The third kappa shape index (κ3) is 2.05. The summed E-state index contributed by atoms with van der Waals surface area (Å²) >= 11 is 0. The predicted molar refractivity (Wildman–Crippen MR) is 59.6 cm³/mol. The minimum atomic E-state index is 0.930. The number of aliphatic imine (C=N–C) groups is 1. The summed E-state index contributed by atoms with van der Waals surface area (Å²) in [5.74, 6) is 0.974. The molecule has 0 aliphatic carbocycles. The van der Waals surface area contributed by atoms with Gasteiger partial charge in [0.25, 0.3) is 0 Å². The number of nitrogens with one attached hydrogen (secondary N) is 1. The van der Waals surface area contributed by atoms with Gasteiger partial charge in [-0.1, -0.05) is 18.2 Å². The molecular formula is C11H15N3. The predicted octanol–water partition coefficient (Wildman–Crippen LogP) is 1.79. The Kier molecular flexibility index (Phi) is 2.68. The molecule has 0 saturated heterocycles. The first-order chi connectivity index (χ1) is 6.86. The molecule has 0 radical (unpaired) electrons. The van der Waals surface area contributed by atoms with Gasteiger partial charge in [0.05, 0.1) is 0 Å². The Hall–Kier alpha value is -1.51. The van der Waals surface area contributed by atoms with Crippen molar-refractivity contribution in [1.29, 1.82) is 0 Å². The Balaban J connectivity index is 2.07. The standard InChI is InChI=1S/C11H15N3/c1-14-9-5-8-12-11(14)13-10-6-3-2-4-7-10/h2-4,6-7H,5,8-9H2,1H3,(H,12,13). The Morgan fingerprint density at radius 3 is 2.79 bits per heavy atom. The molecule has 0 saturated carbocycles. The Morgan fingerprint density at radius 1 is 1.29 bits per heavy atom. The summed E-state index contributed by atoms with van der Waals surface area (Å²) in [5.41, 5.74) is 1.10. The van der Waals surface area contributed by atoms with Gasteiger partial charge >= 0.3 is 0 Å². The van der Waals surface area contributed by atoms with Gasteiger partial charge < -0.3 is 10.2 Å². The molecule has 74 valence electrons. The fourth-order valence-corrected chi connectivity index (χ4v) is 1.50. The summed E-state index contributed by atoms with van der Waals surface area (Å²) in [4.78, 5) is 6.59. The lowest BCUT2D eigenvalue weighted by molar-refractivity contribution is 0.466. The minimum absolute atomic E-state index is 0.930. The van der Waals surface area contributed by atoms with Crippen LogP contribution < -0.4 is 5.32 Å². The largest absolute Gasteiger partial charge is 0.346 e. The fourth-order valence-electron chi connectivity index (χ4n) is 1.50. The summed E-state index contributed by atoms with van der Waals surface area (Å²) in [5, 5.41) is 3.31. The van der Waals surface area contributed by atoms with Crippen LogP contribution >= 0.6 is 0 Å². The topological polar surface area (TPSA) is 27.6 Å². The van der Waals surface area contributed by atoms with Crippen molar-refractivity contribution in [2.24, 2.45) is 4.99 Å². The van der Waals surface area contributed by atoms with E-state index in [0.29, 0.717) is 0 Å². The zero-order valence-electron chi connectivity index (χ0n) is 8.40. The number of guanidine groups is 1. The van der Waals surface area contributed by atoms with Gasteiger partial charge in [0, 0.05) is 25.8 Å². The van der Waals surface area contributed by atoms with E-state index in [-0.39, 0.29) is 0 Å². The van der Waals surface area contributed by atoms with Crippen molar-refractivity contribution in [2.75, 3.05) is 25.5 Å². The number of rotatable bonds is 1. The van der Waals surface area contributed by atoms with E-state index in [0.717, 1.165) is 31.2 Å². The number of para-hydroxylation sites is 1. The molecule has 1 aliphatic heterocycles. The van der Waals surface area contributed by atoms with E-state index in [1.54, 1.807) is 0 Å². The smallest absolute Gasteiger partial charge is 0.198 e. The van der Waals surface area contributed by atoms with Crippen LogP contribution in [0.4, 0.5) is 5.69 Å². The van der Waals surface area contributed by atoms with Gasteiger partial charge in [-0.25, -0.2) is 0 Å². The number of hydrogen-bond donors (Lipinski definition) is 1. The maximum Gasteiger partial charge on any atom is 0.198 e. The second-order valence-electron chi connectivity index (χ2n) is 3.47. The summed E-state index contributed by atoms with van der Waals surface area (Å²) in [6.45, 7) is 2.01. The first-order valence-electron chi connectivity index (χ1n) is 4.94. The summed E-state index contributed by atoms with van der Waals surface area (Å²) in [6.07, 6.45) is 1.15. The number of hydrogen-bond acceptors (Lipinski definition) is 3. The Bertz CT molecular complexity index is 319. The maximum atomic E-state index is 4.44. The van der Waals surface area contributed by atoms with Gasteiger partial charge in [0.1, 0.15) is 0 Å². The molecule has 1 aromatic carbocycles. The quantitative estimate of drug-likeness (QED) is 0.729. The molecule has 0 aromatic heterocycles. The van der Waals surface area contributed by atoms with Crippen LogP contribution in [0.15, 0.2) is 35.3 Å². The molecule has 1 aromatic rings. The van der Waals surface area contributed by atoms with Crippen molar-refractivity contribution < 1.29 is 0 Å². The first-order valence-corrected chi connectivity index (χ1v) is 4.94. The second kappa shape index (κ2) is 4.13. The molecule has 0 amide bonds. The average Bonchev–Trinajstić information content (AvgIpc) is 2.23. The molecule has 1 N–H and O–H groups in total. The first kappa shape index (κ1) is 9.06. The Morgan fingerprint density at radius 2 is 2.07 bits per heavy atom. The van der Waals surface area contributed by atoms with E-state index in [9.17, 15) is 0 Å². The van der Waals surface area contributed by atoms with E-state index in [4.69, 9.17) is 0 Å². The molecule has 0 unspecified atom stereocenters. The molecule has 0 atom stereocenters. The van der Waals surface area contributed by atoms with Crippen LogP contribution in [0.25, 0.3) is 0 Å². The van der Waals surface area contributed by atoms with Gasteiger partial charge in [-0.3, -0.25) is 4.99 Å². The van der Waals surface area contributed by atoms with Crippen molar-refractivity contribution in [3.63, 3.8) is 0 Å². The van der Waals surface area contributed by atoms with Crippen LogP contribution in [-0.2, 0) is 0 Å². The van der Waals surface area contributed by atoms with Crippen LogP contribution in [-0.4, -0.2) is 31.0 Å². The lowest BCUT2D eigenvalue weighted by Gasteiger charge is -2.25. The minimum Gasteiger partial charge on any atom is -0.346 e. The SMILES string of the molecule is CN1CCCN=C1Nc1ccccc1. The van der Waals surface area contributed by atoms with Crippen molar-refractivity contribution in [3.05, 3.63) is 30.3 Å². The van der Waals surface area contributed by atoms with Gasteiger partial charge in [0.15, 0.2) is 5.96 Å². The number of nitrogens with zero attached hydrogens (tertiary/aromatic N) is 2. The molecule has 1 heterocycles. The van der Waals surface area contributed by atoms with Gasteiger partial charge in [0.2, 0.25) is 0 Å². The third-order valence-electron chi connectivity index (χ3n) is 2.30. The molecule has 0 spiro atoms. The highest BCUT2D eigenvalue weighted by Crippen LogP contribution is 2.08. The Labute approximate surface area is 84.5 Å². The van der Waals surface area contributed by atoms with Crippen LogP contribution in [0.1, 0.15) is 6.42 Å². The van der Waals surface area contributed by atoms with E-state index in [1.807, 2.05) is 30.3 Å². The van der Waals surface area contributed by atoms with Crippen molar-refractivity contribution in [1.82, 2.24) is 4.90 Å². The summed E-state index contributed by atoms with van der Waals surface area (Å²) < 4.78 is 0. The third-order valence-corrected chi connectivity index (χ3v) is 2.30. The molecule has 1 aliphatic rings. The number of anilines is 1. The van der Waals surface area contributed by atoms with E-state index in [2.05, 4.69) is 22.3 Å². The molecular weight excluding hydrogens is 174 g/mol. The second-order valence-corrected chi connectivity index (χ2v) is 3.47. The van der Waals surface area contributed by atoms with Crippen LogP contribution in [0.5, 0.6) is 0 Å². The highest BCUT2D eigenvalue weighted by atomic mass is 15.3. The van der Waals surface area contributed by atoms with Crippen LogP contribution in [0, 0.1) is 0 Å². The maximum absolute atomic E-state index is 4.44. The lowest BCUT2D eigenvalue weighted by Crippen LogP contribution is -2.37. The molecule has 0 bridgehead atoms. The molecule has 3 nitrogen and oxygen atoms in total. The molecule has 14 heavy (non-hydrogen) atoms. The molecule has 3 heteroatoms. The normalized spacial score (nSPS) is 16.4. The van der Waals surface area contributed by atoms with Crippen LogP contribution in [0.2, 0.25) is 0 Å². The highest BCUT2D eigenvalue weighted by molar-refractivity contribution is 5.93. The van der Waals surface area contributed by atoms with E-state index >= 15 is 0 Å². The average molecular weight is 189 g/mol. The van der Waals surface area contributed by atoms with Crippen LogP contribution in [0.3, 0.4) is 0 Å². The number of benzene rings is 1. The van der Waals surface area contributed by atoms with E-state index in [1.165, 1.54) is 0 Å².